The zero-order chi connectivity index (χ0) is 11.1. The van der Waals surface area contributed by atoms with Crippen LogP contribution in [-0.2, 0) is 10.2 Å². The van der Waals surface area contributed by atoms with E-state index < -0.39 is 11.4 Å². The molecule has 4 nitrogen and oxygen atoms in total. The van der Waals surface area contributed by atoms with Gasteiger partial charge in [-0.25, -0.2) is 0 Å². The minimum atomic E-state index is -0.810. The Balaban J connectivity index is 2.42. The normalized spacial score (nSPS) is 17.1. The van der Waals surface area contributed by atoms with Crippen LogP contribution in [0.15, 0.2) is 18.2 Å². The van der Waals surface area contributed by atoms with Crippen molar-refractivity contribution in [1.29, 1.82) is 0 Å². The topological polar surface area (TPSA) is 66.8 Å². The van der Waals surface area contributed by atoms with Crippen molar-refractivity contribution in [3.63, 3.8) is 0 Å². The van der Waals surface area contributed by atoms with Gasteiger partial charge in [0.25, 0.3) is 0 Å². The number of ether oxygens (including phenoxy) is 1. The van der Waals surface area contributed by atoms with Gasteiger partial charge in [0.2, 0.25) is 0 Å². The first kappa shape index (κ1) is 9.83. The van der Waals surface area contributed by atoms with Gasteiger partial charge < -0.3 is 14.9 Å². The Kier molecular flexibility index (Phi) is 2.07. The van der Waals surface area contributed by atoms with Crippen LogP contribution in [0.4, 0.5) is 0 Å². The molecule has 0 bridgehead atoms. The van der Waals surface area contributed by atoms with Crippen molar-refractivity contribution in [2.75, 3.05) is 7.11 Å². The van der Waals surface area contributed by atoms with Gasteiger partial charge >= 0.3 is 5.97 Å². The zero-order valence-electron chi connectivity index (χ0n) is 8.36. The fourth-order valence-corrected chi connectivity index (χ4v) is 1.73. The van der Waals surface area contributed by atoms with Crippen LogP contribution in [0, 0.1) is 0 Å². The Bertz CT molecular complexity index is 407. The lowest BCUT2D eigenvalue weighted by Crippen LogP contribution is -2.19. The van der Waals surface area contributed by atoms with Crippen LogP contribution in [0.1, 0.15) is 18.4 Å². The van der Waals surface area contributed by atoms with Crippen LogP contribution in [0.3, 0.4) is 0 Å². The minimum absolute atomic E-state index is 0.0300. The van der Waals surface area contributed by atoms with Gasteiger partial charge in [-0.2, -0.15) is 0 Å². The molecule has 0 atom stereocenters. The van der Waals surface area contributed by atoms with Crippen molar-refractivity contribution in [1.82, 2.24) is 0 Å². The second-order valence-electron chi connectivity index (χ2n) is 3.77. The van der Waals surface area contributed by atoms with Crippen molar-refractivity contribution < 1.29 is 19.7 Å². The maximum absolute atomic E-state index is 11.1. The van der Waals surface area contributed by atoms with Crippen molar-refractivity contribution in [3.05, 3.63) is 23.8 Å². The lowest BCUT2D eigenvalue weighted by Gasteiger charge is -2.12. The van der Waals surface area contributed by atoms with Gasteiger partial charge in [-0.1, -0.05) is 6.07 Å². The highest BCUT2D eigenvalue weighted by Gasteiger charge is 2.51. The maximum Gasteiger partial charge on any atom is 0.314 e. The summed E-state index contributed by atoms with van der Waals surface area (Å²) in [6, 6.07) is 4.70. The number of benzene rings is 1. The Morgan fingerprint density at radius 1 is 1.47 bits per heavy atom. The molecule has 1 aromatic rings. The molecule has 1 aliphatic rings. The zero-order valence-corrected chi connectivity index (χ0v) is 8.36. The van der Waals surface area contributed by atoms with Crippen LogP contribution in [0.2, 0.25) is 0 Å². The van der Waals surface area contributed by atoms with E-state index >= 15 is 0 Å². The highest BCUT2D eigenvalue weighted by molar-refractivity contribution is 5.85. The molecule has 0 radical (unpaired) electrons. The van der Waals surface area contributed by atoms with Gasteiger partial charge in [0, 0.05) is 0 Å². The molecule has 80 valence electrons. The number of aromatic hydroxyl groups is 1. The standard InChI is InChI=1S/C11H12O4/c1-15-9-6-7(2-3-8(9)12)11(4-5-11)10(13)14/h2-3,6,12H,4-5H2,1H3,(H,13,14). The van der Waals surface area contributed by atoms with Gasteiger partial charge in [-0.05, 0) is 30.5 Å². The van der Waals surface area contributed by atoms with E-state index in [-0.39, 0.29) is 5.75 Å². The second-order valence-corrected chi connectivity index (χ2v) is 3.77. The van der Waals surface area contributed by atoms with Crippen molar-refractivity contribution in [3.8, 4) is 11.5 Å². The van der Waals surface area contributed by atoms with Crippen LogP contribution >= 0.6 is 0 Å². The van der Waals surface area contributed by atoms with E-state index in [1.54, 1.807) is 12.1 Å². The van der Waals surface area contributed by atoms with E-state index in [0.717, 1.165) is 0 Å². The van der Waals surface area contributed by atoms with Crippen LogP contribution in [0.25, 0.3) is 0 Å². The first-order valence-corrected chi connectivity index (χ1v) is 4.71. The van der Waals surface area contributed by atoms with Crippen LogP contribution < -0.4 is 4.74 Å². The molecule has 4 heteroatoms. The molecule has 1 fully saturated rings. The molecule has 15 heavy (non-hydrogen) atoms. The highest BCUT2D eigenvalue weighted by atomic mass is 16.5. The lowest BCUT2D eigenvalue weighted by atomic mass is 9.96. The highest BCUT2D eigenvalue weighted by Crippen LogP contribution is 2.49. The number of carboxylic acid groups (broad SMARTS) is 1. The van der Waals surface area contributed by atoms with Crippen molar-refractivity contribution >= 4 is 5.97 Å². The summed E-state index contributed by atoms with van der Waals surface area (Å²) in [7, 11) is 1.44. The van der Waals surface area contributed by atoms with Gasteiger partial charge in [-0.15, -0.1) is 0 Å². The predicted molar refractivity (Wildman–Crippen MR) is 53.2 cm³/mol. The van der Waals surface area contributed by atoms with E-state index in [0.29, 0.717) is 24.2 Å². The van der Waals surface area contributed by atoms with Gasteiger partial charge in [0.05, 0.1) is 12.5 Å². The average Bonchev–Trinajstić information content (AvgIpc) is 2.99. The molecule has 0 unspecified atom stereocenters. The van der Waals surface area contributed by atoms with E-state index in [1.807, 2.05) is 0 Å². The molecule has 1 aromatic carbocycles. The molecule has 0 aliphatic heterocycles. The average molecular weight is 208 g/mol. The summed E-state index contributed by atoms with van der Waals surface area (Å²) in [5, 5.41) is 18.5. The van der Waals surface area contributed by atoms with Gasteiger partial charge in [0.15, 0.2) is 11.5 Å². The Labute approximate surface area is 87.1 Å². The number of aliphatic carboxylic acids is 1. The monoisotopic (exact) mass is 208 g/mol. The summed E-state index contributed by atoms with van der Waals surface area (Å²) in [6.07, 6.45) is 1.30. The molecule has 0 heterocycles. The minimum Gasteiger partial charge on any atom is -0.504 e. The molecule has 0 aromatic heterocycles. The number of rotatable bonds is 3. The molecule has 1 saturated carbocycles. The van der Waals surface area contributed by atoms with Crippen molar-refractivity contribution in [2.24, 2.45) is 0 Å². The first-order valence-electron chi connectivity index (χ1n) is 4.71. The van der Waals surface area contributed by atoms with Crippen LogP contribution in [-0.4, -0.2) is 23.3 Å². The predicted octanol–water partition coefficient (Wildman–Crippen LogP) is 1.52. The molecular formula is C11H12O4. The molecule has 0 saturated heterocycles. The summed E-state index contributed by atoms with van der Waals surface area (Å²) < 4.78 is 4.95. The maximum atomic E-state index is 11.1. The summed E-state index contributed by atoms with van der Waals surface area (Å²) in [6.45, 7) is 0. The Morgan fingerprint density at radius 3 is 2.60 bits per heavy atom. The molecule has 2 N–H and O–H groups in total. The quantitative estimate of drug-likeness (QED) is 0.790. The number of carbonyl (C=O) groups is 1. The first-order chi connectivity index (χ1) is 7.10. The third kappa shape index (κ3) is 1.42. The van der Waals surface area contributed by atoms with Gasteiger partial charge in [-0.3, -0.25) is 4.79 Å². The van der Waals surface area contributed by atoms with E-state index in [4.69, 9.17) is 9.84 Å². The fraction of sp³-hybridized carbons (Fsp3) is 0.364. The molecule has 0 spiro atoms. The number of phenolic OH excluding ortho intramolecular Hbond substituents is 1. The summed E-state index contributed by atoms with van der Waals surface area (Å²) in [5.41, 5.74) is -0.0503. The molecule has 0 amide bonds. The number of carboxylic acids is 1. The summed E-state index contributed by atoms with van der Waals surface area (Å²) in [5.74, 6) is -0.460. The Morgan fingerprint density at radius 2 is 2.13 bits per heavy atom. The smallest absolute Gasteiger partial charge is 0.314 e. The number of methoxy groups -OCH3 is 1. The fourth-order valence-electron chi connectivity index (χ4n) is 1.73. The van der Waals surface area contributed by atoms with Crippen LogP contribution in [0.5, 0.6) is 11.5 Å². The number of hydrogen-bond donors (Lipinski definition) is 2. The van der Waals surface area contributed by atoms with E-state index in [9.17, 15) is 9.90 Å². The second kappa shape index (κ2) is 3.15. The molecular weight excluding hydrogens is 196 g/mol. The summed E-state index contributed by atoms with van der Waals surface area (Å²) >= 11 is 0. The molecule has 1 aliphatic carbocycles. The Hall–Kier alpha value is -1.71. The lowest BCUT2D eigenvalue weighted by molar-refractivity contribution is -0.140. The number of phenols is 1. The SMILES string of the molecule is COc1cc(C2(C(=O)O)CC2)ccc1O. The van der Waals surface area contributed by atoms with Gasteiger partial charge in [0.1, 0.15) is 0 Å². The summed E-state index contributed by atoms with van der Waals surface area (Å²) in [4.78, 5) is 11.1. The molecule has 2 rings (SSSR count). The van der Waals surface area contributed by atoms with Crippen molar-refractivity contribution in [2.45, 2.75) is 18.3 Å². The third-order valence-corrected chi connectivity index (χ3v) is 2.89. The van der Waals surface area contributed by atoms with E-state index in [1.165, 1.54) is 13.2 Å². The third-order valence-electron chi connectivity index (χ3n) is 2.89. The van der Waals surface area contributed by atoms with E-state index in [2.05, 4.69) is 0 Å². The number of hydrogen-bond acceptors (Lipinski definition) is 3. The largest absolute Gasteiger partial charge is 0.504 e.